The molecule has 114 valence electrons. The van der Waals surface area contributed by atoms with Crippen LogP contribution < -0.4 is 4.90 Å². The fourth-order valence-electron chi connectivity index (χ4n) is 1.85. The lowest BCUT2D eigenvalue weighted by Gasteiger charge is -2.21. The third kappa shape index (κ3) is 4.30. The Labute approximate surface area is 133 Å². The second kappa shape index (κ2) is 7.56. The number of esters is 1. The monoisotopic (exact) mass is 315 g/mol. The number of benzene rings is 1. The highest BCUT2D eigenvalue weighted by atomic mass is 32.1. The molecule has 0 fully saturated rings. The molecule has 0 aliphatic heterocycles. The van der Waals surface area contributed by atoms with Crippen molar-refractivity contribution in [3.05, 3.63) is 58.8 Å². The molecule has 1 aromatic heterocycles. The van der Waals surface area contributed by atoms with Crippen molar-refractivity contribution in [1.82, 2.24) is 0 Å². The molecule has 4 nitrogen and oxygen atoms in total. The largest absolute Gasteiger partial charge is 0.449 e. The van der Waals surface area contributed by atoms with Crippen LogP contribution in [-0.2, 0) is 14.3 Å². The summed E-state index contributed by atoms with van der Waals surface area (Å²) in [5.74, 6) is -0.808. The van der Waals surface area contributed by atoms with Crippen LogP contribution in [0.25, 0.3) is 6.08 Å². The molecule has 1 heterocycles. The van der Waals surface area contributed by atoms with Crippen molar-refractivity contribution in [1.29, 1.82) is 0 Å². The number of hydrogen-bond acceptors (Lipinski definition) is 4. The van der Waals surface area contributed by atoms with Gasteiger partial charge < -0.3 is 9.64 Å². The number of amides is 1. The van der Waals surface area contributed by atoms with Crippen LogP contribution in [0.3, 0.4) is 0 Å². The van der Waals surface area contributed by atoms with E-state index in [1.807, 2.05) is 47.2 Å². The van der Waals surface area contributed by atoms with Crippen molar-refractivity contribution < 1.29 is 14.3 Å². The Kier molecular flexibility index (Phi) is 5.49. The van der Waals surface area contributed by atoms with Crippen molar-refractivity contribution in [2.24, 2.45) is 0 Å². The number of thiophene rings is 1. The Hall–Kier alpha value is -2.40. The van der Waals surface area contributed by atoms with Crippen molar-refractivity contribution in [3.63, 3.8) is 0 Å². The zero-order chi connectivity index (χ0) is 15.9. The summed E-state index contributed by atoms with van der Waals surface area (Å²) in [6, 6.07) is 11.1. The Morgan fingerprint density at radius 3 is 2.59 bits per heavy atom. The van der Waals surface area contributed by atoms with Crippen LogP contribution in [0, 0.1) is 0 Å². The number of hydrogen-bond donors (Lipinski definition) is 0. The summed E-state index contributed by atoms with van der Waals surface area (Å²) in [5.41, 5.74) is 1.69. The van der Waals surface area contributed by atoms with Gasteiger partial charge in [-0.05, 0) is 47.5 Å². The van der Waals surface area contributed by atoms with E-state index in [0.717, 1.165) is 11.3 Å². The standard InChI is InChI=1S/C17H17NO3S/c1-13(17(20)18(2)15-6-4-3-5-7-15)21-16(19)9-8-14-10-11-22-12-14/h3-13H,1-2H3/b9-8+/t13-/m0/s1. The molecule has 0 aliphatic carbocycles. The van der Waals surface area contributed by atoms with Gasteiger partial charge >= 0.3 is 5.97 Å². The molecule has 0 saturated carbocycles. The van der Waals surface area contributed by atoms with E-state index in [2.05, 4.69) is 0 Å². The van der Waals surface area contributed by atoms with E-state index in [0.29, 0.717) is 0 Å². The summed E-state index contributed by atoms with van der Waals surface area (Å²) >= 11 is 1.55. The molecule has 2 rings (SSSR count). The molecule has 2 aromatic rings. The lowest BCUT2D eigenvalue weighted by molar-refractivity contribution is -0.148. The van der Waals surface area contributed by atoms with E-state index in [-0.39, 0.29) is 5.91 Å². The number of para-hydroxylation sites is 1. The second-order valence-electron chi connectivity index (χ2n) is 4.70. The zero-order valence-electron chi connectivity index (χ0n) is 12.4. The van der Waals surface area contributed by atoms with E-state index in [9.17, 15) is 9.59 Å². The Bertz CT molecular complexity index is 650. The van der Waals surface area contributed by atoms with Gasteiger partial charge in [-0.1, -0.05) is 18.2 Å². The molecule has 0 spiro atoms. The maximum Gasteiger partial charge on any atom is 0.331 e. The van der Waals surface area contributed by atoms with E-state index in [1.54, 1.807) is 31.4 Å². The number of carbonyl (C=O) groups excluding carboxylic acids is 2. The SMILES string of the molecule is C[C@H](OC(=O)/C=C/c1ccsc1)C(=O)N(C)c1ccccc1. The van der Waals surface area contributed by atoms with E-state index < -0.39 is 12.1 Å². The summed E-state index contributed by atoms with van der Waals surface area (Å²) in [7, 11) is 1.66. The van der Waals surface area contributed by atoms with Gasteiger partial charge in [0.05, 0.1) is 0 Å². The molecule has 22 heavy (non-hydrogen) atoms. The van der Waals surface area contributed by atoms with Crippen LogP contribution in [0.1, 0.15) is 12.5 Å². The predicted molar refractivity (Wildman–Crippen MR) is 88.8 cm³/mol. The minimum Gasteiger partial charge on any atom is -0.449 e. The molecular weight excluding hydrogens is 298 g/mol. The van der Waals surface area contributed by atoms with Crippen LogP contribution in [-0.4, -0.2) is 25.0 Å². The van der Waals surface area contributed by atoms with Crippen LogP contribution in [0.15, 0.2) is 53.2 Å². The third-order valence-corrected chi connectivity index (χ3v) is 3.77. The molecule has 0 saturated heterocycles. The van der Waals surface area contributed by atoms with Crippen LogP contribution in [0.5, 0.6) is 0 Å². The van der Waals surface area contributed by atoms with Gasteiger partial charge in [-0.3, -0.25) is 4.79 Å². The number of carbonyl (C=O) groups is 2. The van der Waals surface area contributed by atoms with Gasteiger partial charge in [0, 0.05) is 18.8 Å². The molecule has 1 atom stereocenters. The van der Waals surface area contributed by atoms with Gasteiger partial charge in [-0.25, -0.2) is 4.79 Å². The molecule has 1 aromatic carbocycles. The lowest BCUT2D eigenvalue weighted by Crippen LogP contribution is -2.37. The minimum absolute atomic E-state index is 0.275. The number of anilines is 1. The normalized spacial score (nSPS) is 12.1. The maximum absolute atomic E-state index is 12.2. The Morgan fingerprint density at radius 2 is 1.95 bits per heavy atom. The van der Waals surface area contributed by atoms with E-state index in [1.165, 1.54) is 11.0 Å². The lowest BCUT2D eigenvalue weighted by atomic mass is 10.2. The fraction of sp³-hybridized carbons (Fsp3) is 0.176. The number of rotatable bonds is 5. The highest BCUT2D eigenvalue weighted by Crippen LogP contribution is 2.13. The molecule has 1 amide bonds. The average Bonchev–Trinajstić information content (AvgIpc) is 3.05. The summed E-state index contributed by atoms with van der Waals surface area (Å²) in [6.45, 7) is 1.57. The number of nitrogens with zero attached hydrogens (tertiary/aromatic N) is 1. The molecule has 5 heteroatoms. The first-order valence-electron chi connectivity index (χ1n) is 6.81. The first-order valence-corrected chi connectivity index (χ1v) is 7.75. The minimum atomic E-state index is -0.843. The van der Waals surface area contributed by atoms with Crippen molar-refractivity contribution in [3.8, 4) is 0 Å². The van der Waals surface area contributed by atoms with Crippen molar-refractivity contribution in [2.75, 3.05) is 11.9 Å². The maximum atomic E-state index is 12.2. The summed E-state index contributed by atoms with van der Waals surface area (Å²) < 4.78 is 5.14. The fourth-order valence-corrected chi connectivity index (χ4v) is 2.48. The zero-order valence-corrected chi connectivity index (χ0v) is 13.2. The van der Waals surface area contributed by atoms with Crippen molar-refractivity contribution in [2.45, 2.75) is 13.0 Å². The second-order valence-corrected chi connectivity index (χ2v) is 5.48. The molecule has 0 N–H and O–H groups in total. The molecule has 0 bridgehead atoms. The van der Waals surface area contributed by atoms with Crippen LogP contribution in [0.2, 0.25) is 0 Å². The summed E-state index contributed by atoms with van der Waals surface area (Å²) in [5, 5.41) is 3.84. The van der Waals surface area contributed by atoms with E-state index in [4.69, 9.17) is 4.74 Å². The van der Waals surface area contributed by atoms with Gasteiger partial charge in [0.25, 0.3) is 5.91 Å². The molecular formula is C17H17NO3S. The predicted octanol–water partition coefficient (Wildman–Crippen LogP) is 3.36. The van der Waals surface area contributed by atoms with E-state index >= 15 is 0 Å². The van der Waals surface area contributed by atoms with Crippen LogP contribution in [0.4, 0.5) is 5.69 Å². The highest BCUT2D eigenvalue weighted by molar-refractivity contribution is 7.08. The average molecular weight is 315 g/mol. The van der Waals surface area contributed by atoms with Gasteiger partial charge in [-0.2, -0.15) is 11.3 Å². The smallest absolute Gasteiger partial charge is 0.331 e. The first kappa shape index (κ1) is 16.0. The molecule has 0 unspecified atom stereocenters. The van der Waals surface area contributed by atoms with Gasteiger partial charge in [0.2, 0.25) is 0 Å². The highest BCUT2D eigenvalue weighted by Gasteiger charge is 2.21. The van der Waals surface area contributed by atoms with Gasteiger partial charge in [0.15, 0.2) is 6.10 Å². The number of ether oxygens (including phenoxy) is 1. The van der Waals surface area contributed by atoms with Crippen LogP contribution >= 0.6 is 11.3 Å². The van der Waals surface area contributed by atoms with Crippen molar-refractivity contribution >= 4 is 35.0 Å². The first-order chi connectivity index (χ1) is 10.6. The summed E-state index contributed by atoms with van der Waals surface area (Å²) in [4.78, 5) is 25.4. The quantitative estimate of drug-likeness (QED) is 0.628. The Morgan fingerprint density at radius 1 is 1.23 bits per heavy atom. The molecule has 0 radical (unpaired) electrons. The Balaban J connectivity index is 1.92. The number of likely N-dealkylation sites (N-methyl/N-ethyl adjacent to an activating group) is 1. The van der Waals surface area contributed by atoms with Gasteiger partial charge in [-0.15, -0.1) is 0 Å². The molecule has 0 aliphatic rings. The third-order valence-electron chi connectivity index (χ3n) is 3.07. The summed E-state index contributed by atoms with van der Waals surface area (Å²) in [6.07, 6.45) is 2.15. The van der Waals surface area contributed by atoms with Gasteiger partial charge in [0.1, 0.15) is 0 Å². The topological polar surface area (TPSA) is 46.6 Å².